The first-order valence-corrected chi connectivity index (χ1v) is 6.91. The third kappa shape index (κ3) is 6.37. The molecule has 0 aliphatic heterocycles. The second-order valence-electron chi connectivity index (χ2n) is 5.13. The third-order valence-corrected chi connectivity index (χ3v) is 2.88. The number of methoxy groups -OCH3 is 1. The molecular formula is C15H23F2NO3. The largest absolute Gasteiger partial charge is 0.431 e. The predicted octanol–water partition coefficient (Wildman–Crippen LogP) is 2.21. The van der Waals surface area contributed by atoms with Crippen LogP contribution in [0.1, 0.15) is 19.4 Å². The fourth-order valence-electron chi connectivity index (χ4n) is 1.64. The van der Waals surface area contributed by atoms with Crippen molar-refractivity contribution in [3.8, 4) is 5.75 Å². The standard InChI is InChI=1S/C15H23F2NO3/c1-11(2)18-10-14(19)15(16,17)21-13-6-4-12(5-7-13)8-9-20-3/h4-7,11,14,18-19H,8-10H2,1-3H3/t14-/m0/s1. The van der Waals surface area contributed by atoms with Gasteiger partial charge < -0.3 is 19.9 Å². The van der Waals surface area contributed by atoms with Crippen molar-refractivity contribution >= 4 is 0 Å². The Labute approximate surface area is 124 Å². The molecule has 0 fully saturated rings. The minimum absolute atomic E-state index is 0.00974. The van der Waals surface area contributed by atoms with Crippen LogP contribution in [0, 0.1) is 0 Å². The summed E-state index contributed by atoms with van der Waals surface area (Å²) in [6.45, 7) is 3.95. The lowest BCUT2D eigenvalue weighted by Crippen LogP contribution is -2.46. The summed E-state index contributed by atoms with van der Waals surface area (Å²) in [7, 11) is 1.60. The minimum atomic E-state index is -3.64. The van der Waals surface area contributed by atoms with E-state index in [9.17, 15) is 13.9 Å². The van der Waals surface area contributed by atoms with E-state index in [0.717, 1.165) is 5.56 Å². The van der Waals surface area contributed by atoms with Gasteiger partial charge in [-0.15, -0.1) is 0 Å². The van der Waals surface area contributed by atoms with Gasteiger partial charge in [-0.25, -0.2) is 0 Å². The van der Waals surface area contributed by atoms with E-state index >= 15 is 0 Å². The van der Waals surface area contributed by atoms with E-state index in [2.05, 4.69) is 10.1 Å². The van der Waals surface area contributed by atoms with E-state index in [0.29, 0.717) is 13.0 Å². The van der Waals surface area contributed by atoms with Gasteiger partial charge >= 0.3 is 6.11 Å². The Hall–Kier alpha value is -1.24. The van der Waals surface area contributed by atoms with Gasteiger partial charge in [-0.1, -0.05) is 26.0 Å². The number of hydrogen-bond acceptors (Lipinski definition) is 4. The molecule has 6 heteroatoms. The van der Waals surface area contributed by atoms with Crippen molar-refractivity contribution in [1.82, 2.24) is 5.32 Å². The van der Waals surface area contributed by atoms with Crippen molar-refractivity contribution in [1.29, 1.82) is 0 Å². The molecule has 1 rings (SSSR count). The molecule has 0 radical (unpaired) electrons. The maximum atomic E-state index is 13.7. The van der Waals surface area contributed by atoms with Crippen molar-refractivity contribution in [2.75, 3.05) is 20.3 Å². The van der Waals surface area contributed by atoms with Crippen molar-refractivity contribution in [2.45, 2.75) is 38.5 Å². The van der Waals surface area contributed by atoms with Crippen molar-refractivity contribution in [3.05, 3.63) is 29.8 Å². The lowest BCUT2D eigenvalue weighted by atomic mass is 10.1. The summed E-state index contributed by atoms with van der Waals surface area (Å²) in [6, 6.07) is 6.32. The second-order valence-corrected chi connectivity index (χ2v) is 5.13. The maximum absolute atomic E-state index is 13.7. The number of aliphatic hydroxyl groups excluding tert-OH is 1. The van der Waals surface area contributed by atoms with E-state index in [-0.39, 0.29) is 18.3 Å². The monoisotopic (exact) mass is 303 g/mol. The van der Waals surface area contributed by atoms with E-state index in [4.69, 9.17) is 4.74 Å². The molecule has 0 aliphatic carbocycles. The quantitative estimate of drug-likeness (QED) is 0.734. The summed E-state index contributed by atoms with van der Waals surface area (Å²) in [5.41, 5.74) is 0.967. The van der Waals surface area contributed by atoms with Gasteiger partial charge in [-0.3, -0.25) is 0 Å². The van der Waals surface area contributed by atoms with Crippen LogP contribution in [0.2, 0.25) is 0 Å². The number of alkyl halides is 2. The summed E-state index contributed by atoms with van der Waals surface area (Å²) in [5, 5.41) is 12.2. The number of rotatable bonds is 9. The highest BCUT2D eigenvalue weighted by atomic mass is 19.3. The average Bonchev–Trinajstić information content (AvgIpc) is 2.43. The fourth-order valence-corrected chi connectivity index (χ4v) is 1.64. The third-order valence-electron chi connectivity index (χ3n) is 2.88. The summed E-state index contributed by atoms with van der Waals surface area (Å²) in [4.78, 5) is 0. The van der Waals surface area contributed by atoms with E-state index in [1.807, 2.05) is 13.8 Å². The molecule has 2 N–H and O–H groups in total. The summed E-state index contributed by atoms with van der Waals surface area (Å²) in [5.74, 6) is 0.0183. The molecule has 0 spiro atoms. The van der Waals surface area contributed by atoms with E-state index in [1.54, 1.807) is 19.2 Å². The number of aliphatic hydroxyl groups is 1. The highest BCUT2D eigenvalue weighted by Gasteiger charge is 2.41. The first kappa shape index (κ1) is 17.8. The van der Waals surface area contributed by atoms with Crippen LogP contribution in [0.4, 0.5) is 8.78 Å². The lowest BCUT2D eigenvalue weighted by Gasteiger charge is -2.24. The molecule has 0 unspecified atom stereocenters. The molecule has 0 heterocycles. The summed E-state index contributed by atoms with van der Waals surface area (Å²) in [6.07, 6.45) is -4.85. The van der Waals surface area contributed by atoms with Gasteiger partial charge in [0.2, 0.25) is 0 Å². The Balaban J connectivity index is 2.57. The number of hydrogen-bond donors (Lipinski definition) is 2. The second kappa shape index (κ2) is 8.26. The van der Waals surface area contributed by atoms with Crippen LogP contribution in [0.3, 0.4) is 0 Å². The average molecular weight is 303 g/mol. The van der Waals surface area contributed by atoms with Gasteiger partial charge in [0.05, 0.1) is 6.61 Å². The molecule has 0 bridgehead atoms. The Morgan fingerprint density at radius 2 is 1.86 bits per heavy atom. The normalized spacial score (nSPS) is 13.5. The molecule has 0 saturated carbocycles. The zero-order valence-electron chi connectivity index (χ0n) is 12.6. The van der Waals surface area contributed by atoms with Crippen molar-refractivity contribution in [3.63, 3.8) is 0 Å². The van der Waals surface area contributed by atoms with Crippen LogP contribution in [0.15, 0.2) is 24.3 Å². The van der Waals surface area contributed by atoms with Crippen LogP contribution >= 0.6 is 0 Å². The van der Waals surface area contributed by atoms with Crippen LogP contribution in [0.25, 0.3) is 0 Å². The maximum Gasteiger partial charge on any atom is 0.425 e. The lowest BCUT2D eigenvalue weighted by molar-refractivity contribution is -0.237. The first-order valence-electron chi connectivity index (χ1n) is 6.91. The molecule has 120 valence electrons. The SMILES string of the molecule is COCCc1ccc(OC(F)(F)[C@@H](O)CNC(C)C)cc1. The van der Waals surface area contributed by atoms with Gasteiger partial charge in [0.25, 0.3) is 0 Å². The summed E-state index contributed by atoms with van der Waals surface area (Å²) < 4.78 is 37.0. The van der Waals surface area contributed by atoms with Crippen molar-refractivity contribution < 1.29 is 23.4 Å². The van der Waals surface area contributed by atoms with Crippen molar-refractivity contribution in [2.24, 2.45) is 0 Å². The highest BCUT2D eigenvalue weighted by Crippen LogP contribution is 2.25. The summed E-state index contributed by atoms with van der Waals surface area (Å²) >= 11 is 0. The number of halogens is 2. The Morgan fingerprint density at radius 3 is 2.38 bits per heavy atom. The first-order chi connectivity index (χ1) is 9.85. The zero-order chi connectivity index (χ0) is 15.9. The molecule has 0 amide bonds. The molecular weight excluding hydrogens is 280 g/mol. The molecule has 1 aromatic rings. The van der Waals surface area contributed by atoms with Gasteiger partial charge in [0.15, 0.2) is 6.10 Å². The van der Waals surface area contributed by atoms with Gasteiger partial charge in [-0.05, 0) is 24.1 Å². The van der Waals surface area contributed by atoms with E-state index < -0.39 is 12.2 Å². The Kier molecular flexibility index (Phi) is 7.01. The molecule has 4 nitrogen and oxygen atoms in total. The van der Waals surface area contributed by atoms with Gasteiger partial charge in [0.1, 0.15) is 5.75 Å². The number of ether oxygens (including phenoxy) is 2. The van der Waals surface area contributed by atoms with Gasteiger partial charge in [-0.2, -0.15) is 8.78 Å². The van der Waals surface area contributed by atoms with Crippen LogP contribution < -0.4 is 10.1 Å². The Morgan fingerprint density at radius 1 is 1.24 bits per heavy atom. The van der Waals surface area contributed by atoms with Gasteiger partial charge in [0, 0.05) is 19.7 Å². The smallest absolute Gasteiger partial charge is 0.425 e. The number of benzene rings is 1. The Bertz CT molecular complexity index is 410. The van der Waals surface area contributed by atoms with Crippen LogP contribution in [-0.4, -0.2) is 43.6 Å². The predicted molar refractivity (Wildman–Crippen MR) is 76.7 cm³/mol. The number of nitrogens with one attached hydrogen (secondary N) is 1. The van der Waals surface area contributed by atoms with Crippen LogP contribution in [0.5, 0.6) is 5.75 Å². The molecule has 0 aliphatic rings. The van der Waals surface area contributed by atoms with Crippen LogP contribution in [-0.2, 0) is 11.2 Å². The molecule has 1 aromatic carbocycles. The van der Waals surface area contributed by atoms with E-state index in [1.165, 1.54) is 12.1 Å². The zero-order valence-corrected chi connectivity index (χ0v) is 12.6. The molecule has 21 heavy (non-hydrogen) atoms. The molecule has 0 saturated heterocycles. The minimum Gasteiger partial charge on any atom is -0.431 e. The fraction of sp³-hybridized carbons (Fsp3) is 0.600. The topological polar surface area (TPSA) is 50.7 Å². The molecule has 0 aromatic heterocycles. The highest BCUT2D eigenvalue weighted by molar-refractivity contribution is 5.27. The molecule has 1 atom stereocenters.